The molecule has 0 aliphatic carbocycles. The summed E-state index contributed by atoms with van der Waals surface area (Å²) >= 11 is 0. The summed E-state index contributed by atoms with van der Waals surface area (Å²) < 4.78 is 40.7. The Bertz CT molecular complexity index is 1420. The number of unbranched alkanes of at least 4 members (excludes halogenated alkanes) is 1. The number of piperidine rings is 2. The number of hydrogen-bond acceptors (Lipinski definition) is 9. The topological polar surface area (TPSA) is 101 Å². The van der Waals surface area contributed by atoms with Gasteiger partial charge in [-0.25, -0.2) is 18.6 Å². The molecule has 1 N–H and O–H groups in total. The first kappa shape index (κ1) is 31.4. The van der Waals surface area contributed by atoms with Crippen LogP contribution in [0.25, 0.3) is 16.9 Å². The second kappa shape index (κ2) is 14.7. The fourth-order valence-corrected chi connectivity index (χ4v) is 6.57. The normalized spacial score (nSPS) is 19.0. The minimum atomic E-state index is -2.76. The van der Waals surface area contributed by atoms with Gasteiger partial charge in [-0.1, -0.05) is 25.5 Å². The van der Waals surface area contributed by atoms with Crippen molar-refractivity contribution in [1.82, 2.24) is 29.3 Å². The van der Waals surface area contributed by atoms with Gasteiger partial charge in [-0.15, -0.1) is 0 Å². The van der Waals surface area contributed by atoms with Crippen molar-refractivity contribution in [2.75, 3.05) is 75.9 Å². The third-order valence-electron chi connectivity index (χ3n) is 9.21. The molecule has 3 aliphatic rings. The molecule has 0 atom stereocenters. The van der Waals surface area contributed by atoms with Crippen molar-refractivity contribution in [2.45, 2.75) is 57.9 Å². The Balaban J connectivity index is 1.09. The summed E-state index contributed by atoms with van der Waals surface area (Å²) in [6.45, 7) is 9.30. The molecule has 6 rings (SSSR count). The fraction of sp³-hybridized carbons (Fsp3) is 0.625. The summed E-state index contributed by atoms with van der Waals surface area (Å²) in [5.74, 6) is 1.58. The van der Waals surface area contributed by atoms with Gasteiger partial charge in [0.1, 0.15) is 11.6 Å². The molecule has 3 aliphatic heterocycles. The number of alkyl halides is 2. The number of ether oxygens (including phenoxy) is 2. The molecule has 0 spiro atoms. The molecular weight excluding hydrogens is 582 g/mol. The highest BCUT2D eigenvalue weighted by molar-refractivity contribution is 5.78. The number of carbonyl (C=O) groups excluding carboxylic acids is 1. The number of hydrogen-bond donors (Lipinski definition) is 1. The Hall–Kier alpha value is -3.58. The van der Waals surface area contributed by atoms with E-state index in [4.69, 9.17) is 19.4 Å². The van der Waals surface area contributed by atoms with Gasteiger partial charge in [0.25, 0.3) is 6.43 Å². The average Bonchev–Trinajstić information content (AvgIpc) is 3.48. The van der Waals surface area contributed by atoms with E-state index >= 15 is 0 Å². The quantitative estimate of drug-likeness (QED) is 0.308. The highest BCUT2D eigenvalue weighted by atomic mass is 19.3. The van der Waals surface area contributed by atoms with Crippen molar-refractivity contribution < 1.29 is 23.0 Å². The van der Waals surface area contributed by atoms with Gasteiger partial charge in [-0.3, -0.25) is 4.57 Å². The Labute approximate surface area is 262 Å². The van der Waals surface area contributed by atoms with Gasteiger partial charge in [0, 0.05) is 44.8 Å². The molecule has 3 saturated heterocycles. The number of morpholine rings is 1. The van der Waals surface area contributed by atoms with Crippen LogP contribution < -0.4 is 10.2 Å². The van der Waals surface area contributed by atoms with Crippen molar-refractivity contribution in [3.05, 3.63) is 36.2 Å². The van der Waals surface area contributed by atoms with Crippen LogP contribution in [0.3, 0.4) is 0 Å². The summed E-state index contributed by atoms with van der Waals surface area (Å²) in [6, 6.07) is 9.39. The van der Waals surface area contributed by atoms with Crippen LogP contribution in [-0.4, -0.2) is 107 Å². The Kier molecular flexibility index (Phi) is 10.2. The lowest BCUT2D eigenvalue weighted by Gasteiger charge is -2.41. The second-order valence-electron chi connectivity index (χ2n) is 12.1. The Morgan fingerprint density at radius 2 is 1.73 bits per heavy atom. The fourth-order valence-electron chi connectivity index (χ4n) is 6.57. The molecule has 45 heavy (non-hydrogen) atoms. The van der Waals surface area contributed by atoms with Gasteiger partial charge >= 0.3 is 6.09 Å². The van der Waals surface area contributed by atoms with E-state index in [1.54, 1.807) is 24.3 Å². The first-order valence-corrected chi connectivity index (χ1v) is 16.4. The van der Waals surface area contributed by atoms with Crippen LogP contribution in [0.2, 0.25) is 0 Å². The molecule has 13 heteroatoms. The predicted molar refractivity (Wildman–Crippen MR) is 168 cm³/mol. The number of benzene rings is 1. The van der Waals surface area contributed by atoms with Crippen molar-refractivity contribution in [2.24, 2.45) is 5.92 Å². The minimum Gasteiger partial charge on any atom is -0.449 e. The molecular formula is C32H44F2N8O3. The van der Waals surface area contributed by atoms with Gasteiger partial charge in [-0.05, 0) is 63.2 Å². The van der Waals surface area contributed by atoms with Crippen LogP contribution in [0.15, 0.2) is 30.3 Å². The molecule has 0 radical (unpaired) electrons. The van der Waals surface area contributed by atoms with E-state index < -0.39 is 6.43 Å². The number of nitrogens with one attached hydrogen (secondary N) is 1. The number of imidazole rings is 1. The maximum Gasteiger partial charge on any atom is 0.409 e. The number of halogens is 2. The first-order valence-electron chi connectivity index (χ1n) is 16.4. The van der Waals surface area contributed by atoms with Gasteiger partial charge in [0.05, 0.1) is 30.9 Å². The van der Waals surface area contributed by atoms with Crippen LogP contribution in [0.4, 0.5) is 25.3 Å². The standard InChI is InChI=1S/C32H44F2N8O3/c1-2-3-18-45-32(43)41-14-10-24(11-15-41)39-12-8-23(9-13-39)22-35-31-37-27(40-16-19-44-20-17-40)21-28(38-31)42-26-7-5-4-6-25(26)36-30(42)29(33)34/h4-7,21,23-24,29H,2-3,8-20,22H2,1H3,(H,35,37,38). The minimum absolute atomic E-state index is 0.179. The van der Waals surface area contributed by atoms with Crippen molar-refractivity contribution in [1.29, 1.82) is 0 Å². The SMILES string of the molecule is CCCCOC(=O)N1CCC(N2CCC(CNc3nc(N4CCOCC4)cc(-n4c(C(F)F)nc5ccccc54)n3)CC2)CC1. The monoisotopic (exact) mass is 626 g/mol. The Morgan fingerprint density at radius 1 is 1.00 bits per heavy atom. The molecule has 11 nitrogen and oxygen atoms in total. The number of rotatable bonds is 10. The van der Waals surface area contributed by atoms with Crippen LogP contribution in [-0.2, 0) is 9.47 Å². The first-order chi connectivity index (χ1) is 22.0. The number of para-hydroxylation sites is 2. The van der Waals surface area contributed by atoms with Crippen LogP contribution in [0.5, 0.6) is 0 Å². The summed E-state index contributed by atoms with van der Waals surface area (Å²) in [5.41, 5.74) is 1.08. The maximum atomic E-state index is 14.2. The number of fused-ring (bicyclic) bond motifs is 1. The predicted octanol–water partition coefficient (Wildman–Crippen LogP) is 5.11. The van der Waals surface area contributed by atoms with Gasteiger partial charge in [0.15, 0.2) is 5.82 Å². The summed E-state index contributed by atoms with van der Waals surface area (Å²) in [4.78, 5) is 32.6. The van der Waals surface area contributed by atoms with E-state index in [1.807, 2.05) is 11.0 Å². The third-order valence-corrected chi connectivity index (χ3v) is 9.21. The molecule has 1 aromatic carbocycles. The molecule has 1 amide bonds. The van der Waals surface area contributed by atoms with Crippen molar-refractivity contribution in [3.8, 4) is 5.82 Å². The van der Waals surface area contributed by atoms with E-state index in [0.717, 1.165) is 64.7 Å². The third kappa shape index (κ3) is 7.46. The zero-order valence-corrected chi connectivity index (χ0v) is 26.0. The van der Waals surface area contributed by atoms with Gasteiger partial charge in [0.2, 0.25) is 5.95 Å². The molecule has 3 aromatic rings. The van der Waals surface area contributed by atoms with Crippen LogP contribution >= 0.6 is 0 Å². The number of likely N-dealkylation sites (tertiary alicyclic amines) is 2. The molecule has 5 heterocycles. The van der Waals surface area contributed by atoms with Gasteiger partial charge in [-0.2, -0.15) is 9.97 Å². The van der Waals surface area contributed by atoms with Crippen molar-refractivity contribution >= 4 is 28.9 Å². The highest BCUT2D eigenvalue weighted by Gasteiger charge is 2.30. The van der Waals surface area contributed by atoms with E-state index in [0.29, 0.717) is 80.0 Å². The summed E-state index contributed by atoms with van der Waals surface area (Å²) in [5, 5.41) is 3.45. The number of nitrogens with zero attached hydrogens (tertiary/aromatic N) is 7. The zero-order valence-electron chi connectivity index (χ0n) is 26.0. The lowest BCUT2D eigenvalue weighted by molar-refractivity contribution is 0.0600. The largest absolute Gasteiger partial charge is 0.449 e. The molecule has 0 saturated carbocycles. The van der Waals surface area contributed by atoms with Gasteiger partial charge < -0.3 is 29.5 Å². The van der Waals surface area contributed by atoms with E-state index in [9.17, 15) is 13.6 Å². The highest BCUT2D eigenvalue weighted by Crippen LogP contribution is 2.30. The van der Waals surface area contributed by atoms with Crippen LogP contribution in [0, 0.1) is 5.92 Å². The molecule has 0 unspecified atom stereocenters. The molecule has 244 valence electrons. The van der Waals surface area contributed by atoms with E-state index in [-0.39, 0.29) is 11.9 Å². The van der Waals surface area contributed by atoms with E-state index in [2.05, 4.69) is 27.0 Å². The van der Waals surface area contributed by atoms with Crippen LogP contribution in [0.1, 0.15) is 57.7 Å². The second-order valence-corrected chi connectivity index (χ2v) is 12.1. The number of carbonyl (C=O) groups is 1. The molecule has 2 aromatic heterocycles. The zero-order chi connectivity index (χ0) is 31.2. The van der Waals surface area contributed by atoms with Crippen molar-refractivity contribution in [3.63, 3.8) is 0 Å². The number of aromatic nitrogens is 4. The smallest absolute Gasteiger partial charge is 0.409 e. The molecule has 3 fully saturated rings. The average molecular weight is 627 g/mol. The Morgan fingerprint density at radius 3 is 2.47 bits per heavy atom. The number of amides is 1. The molecule has 0 bridgehead atoms. The van der Waals surface area contributed by atoms with E-state index in [1.165, 1.54) is 4.57 Å². The lowest BCUT2D eigenvalue weighted by atomic mass is 9.93. The number of anilines is 2. The summed E-state index contributed by atoms with van der Waals surface area (Å²) in [7, 11) is 0. The maximum absolute atomic E-state index is 14.2. The summed E-state index contributed by atoms with van der Waals surface area (Å²) in [6.07, 6.45) is 3.02. The lowest BCUT2D eigenvalue weighted by Crippen LogP contribution is -2.49.